The number of fused-ring (bicyclic) bond motifs is 1. The Labute approximate surface area is 176 Å². The number of aliphatic carboxylic acids is 1. The van der Waals surface area contributed by atoms with Gasteiger partial charge >= 0.3 is 5.97 Å². The van der Waals surface area contributed by atoms with Gasteiger partial charge in [-0.1, -0.05) is 38.1 Å². The number of nitrogens with zero attached hydrogens (tertiary/aromatic N) is 2. The molecule has 0 aliphatic heterocycles. The van der Waals surface area contributed by atoms with E-state index in [0.717, 1.165) is 22.2 Å². The van der Waals surface area contributed by atoms with E-state index >= 15 is 0 Å². The van der Waals surface area contributed by atoms with E-state index in [1.165, 1.54) is 5.56 Å². The van der Waals surface area contributed by atoms with Crippen LogP contribution in [0.15, 0.2) is 48.8 Å². The molecule has 3 aromatic rings. The van der Waals surface area contributed by atoms with Crippen molar-refractivity contribution in [3.8, 4) is 0 Å². The highest BCUT2D eigenvalue weighted by Crippen LogP contribution is 2.29. The molecular formula is C24H29N3O3. The van der Waals surface area contributed by atoms with Gasteiger partial charge in [0.05, 0.1) is 6.42 Å². The maximum atomic E-state index is 12.1. The standard InChI is InChI=1S/C24H29N3O3/c1-17(2)14-23(28)26-12-9-22-20(15-18-6-5-11-25-16-18)19-7-3-4-8-21(19)27(22)13-10-24(29)30/h3-8,11,16-17H,9-10,12-15H2,1-2H3,(H,26,28)(H,29,30). The molecule has 1 amide bonds. The van der Waals surface area contributed by atoms with Crippen molar-refractivity contribution in [2.45, 2.75) is 46.1 Å². The van der Waals surface area contributed by atoms with E-state index in [0.29, 0.717) is 38.3 Å². The first-order valence-corrected chi connectivity index (χ1v) is 10.4. The van der Waals surface area contributed by atoms with Crippen LogP contribution in [0.4, 0.5) is 0 Å². The van der Waals surface area contributed by atoms with E-state index in [1.807, 2.05) is 50.4 Å². The number of aryl methyl sites for hydroxylation is 1. The average molecular weight is 408 g/mol. The minimum absolute atomic E-state index is 0.0482. The summed E-state index contributed by atoms with van der Waals surface area (Å²) in [6.07, 6.45) is 5.53. The first-order valence-electron chi connectivity index (χ1n) is 10.4. The molecule has 6 heteroatoms. The van der Waals surface area contributed by atoms with E-state index in [4.69, 9.17) is 0 Å². The number of carbonyl (C=O) groups excluding carboxylic acids is 1. The molecule has 2 N–H and O–H groups in total. The minimum Gasteiger partial charge on any atom is -0.481 e. The SMILES string of the molecule is CC(C)CC(=O)NCCc1c(Cc2cccnc2)c2ccccc2n1CCC(=O)O. The number of hydrogen-bond donors (Lipinski definition) is 2. The van der Waals surface area contributed by atoms with E-state index in [9.17, 15) is 14.7 Å². The average Bonchev–Trinajstić information content (AvgIpc) is 2.99. The van der Waals surface area contributed by atoms with Gasteiger partial charge < -0.3 is 15.0 Å². The zero-order valence-electron chi connectivity index (χ0n) is 17.6. The van der Waals surface area contributed by atoms with Gasteiger partial charge in [-0.2, -0.15) is 0 Å². The van der Waals surface area contributed by atoms with Crippen LogP contribution in [-0.2, 0) is 29.0 Å². The molecule has 6 nitrogen and oxygen atoms in total. The van der Waals surface area contributed by atoms with Gasteiger partial charge in [-0.3, -0.25) is 14.6 Å². The van der Waals surface area contributed by atoms with E-state index in [2.05, 4.69) is 20.9 Å². The molecular weight excluding hydrogens is 378 g/mol. The van der Waals surface area contributed by atoms with Gasteiger partial charge in [0.2, 0.25) is 5.91 Å². The zero-order valence-corrected chi connectivity index (χ0v) is 17.6. The second-order valence-electron chi connectivity index (χ2n) is 7.97. The fourth-order valence-corrected chi connectivity index (χ4v) is 3.84. The first kappa shape index (κ1) is 21.6. The van der Waals surface area contributed by atoms with Crippen LogP contribution >= 0.6 is 0 Å². The number of pyridine rings is 1. The summed E-state index contributed by atoms with van der Waals surface area (Å²) in [7, 11) is 0. The second kappa shape index (κ2) is 10.1. The van der Waals surface area contributed by atoms with Crippen molar-refractivity contribution < 1.29 is 14.7 Å². The Kier molecular flexibility index (Phi) is 7.22. The van der Waals surface area contributed by atoms with Gasteiger partial charge in [0.15, 0.2) is 0 Å². The molecule has 0 unspecified atom stereocenters. The number of para-hydroxylation sites is 1. The molecule has 0 saturated heterocycles. The highest BCUT2D eigenvalue weighted by atomic mass is 16.4. The van der Waals surface area contributed by atoms with Gasteiger partial charge in [-0.25, -0.2) is 0 Å². The summed E-state index contributed by atoms with van der Waals surface area (Å²) in [4.78, 5) is 27.6. The molecule has 1 aromatic carbocycles. The smallest absolute Gasteiger partial charge is 0.305 e. The zero-order chi connectivity index (χ0) is 21.5. The highest BCUT2D eigenvalue weighted by Gasteiger charge is 2.18. The minimum atomic E-state index is -0.822. The van der Waals surface area contributed by atoms with Crippen LogP contribution in [0.2, 0.25) is 0 Å². The van der Waals surface area contributed by atoms with Gasteiger partial charge in [0, 0.05) is 61.3 Å². The fourth-order valence-electron chi connectivity index (χ4n) is 3.84. The van der Waals surface area contributed by atoms with Crippen molar-refractivity contribution in [3.05, 3.63) is 65.6 Å². The van der Waals surface area contributed by atoms with Crippen molar-refractivity contribution >= 4 is 22.8 Å². The Hall–Kier alpha value is -3.15. The molecule has 0 spiro atoms. The number of amides is 1. The Morgan fingerprint density at radius 3 is 2.67 bits per heavy atom. The van der Waals surface area contributed by atoms with Crippen molar-refractivity contribution in [1.29, 1.82) is 0 Å². The summed E-state index contributed by atoms with van der Waals surface area (Å²) < 4.78 is 2.10. The van der Waals surface area contributed by atoms with Crippen molar-refractivity contribution in [1.82, 2.24) is 14.9 Å². The third-order valence-electron chi connectivity index (χ3n) is 5.12. The number of benzene rings is 1. The molecule has 0 bridgehead atoms. The van der Waals surface area contributed by atoms with Crippen LogP contribution < -0.4 is 5.32 Å². The van der Waals surface area contributed by atoms with Crippen LogP contribution in [0.5, 0.6) is 0 Å². The number of carbonyl (C=O) groups is 2. The molecule has 2 heterocycles. The number of nitrogens with one attached hydrogen (secondary N) is 1. The molecule has 30 heavy (non-hydrogen) atoms. The Balaban J connectivity index is 1.95. The molecule has 0 atom stereocenters. The molecule has 3 rings (SSSR count). The van der Waals surface area contributed by atoms with Gasteiger partial charge in [0.1, 0.15) is 0 Å². The lowest BCUT2D eigenvalue weighted by atomic mass is 10.0. The summed E-state index contributed by atoms with van der Waals surface area (Å²) in [5, 5.41) is 13.4. The molecule has 2 aromatic heterocycles. The lowest BCUT2D eigenvalue weighted by Gasteiger charge is -2.13. The molecule has 0 aliphatic carbocycles. The second-order valence-corrected chi connectivity index (χ2v) is 7.97. The lowest BCUT2D eigenvalue weighted by molar-refractivity contribution is -0.137. The van der Waals surface area contributed by atoms with Crippen LogP contribution in [0.25, 0.3) is 10.9 Å². The predicted octanol–water partition coefficient (Wildman–Crippen LogP) is 3.81. The molecule has 0 aliphatic rings. The van der Waals surface area contributed by atoms with Crippen molar-refractivity contribution in [2.24, 2.45) is 5.92 Å². The number of hydrogen-bond acceptors (Lipinski definition) is 3. The van der Waals surface area contributed by atoms with Crippen molar-refractivity contribution in [3.63, 3.8) is 0 Å². The number of carboxylic acid groups (broad SMARTS) is 1. The summed E-state index contributed by atoms with van der Waals surface area (Å²) in [6.45, 7) is 4.97. The summed E-state index contributed by atoms with van der Waals surface area (Å²) in [6, 6.07) is 12.1. The Morgan fingerprint density at radius 2 is 1.97 bits per heavy atom. The maximum Gasteiger partial charge on any atom is 0.305 e. The normalized spacial score (nSPS) is 11.2. The van der Waals surface area contributed by atoms with Crippen LogP contribution in [0.1, 0.15) is 43.5 Å². The fraction of sp³-hybridized carbons (Fsp3) is 0.375. The molecule has 0 radical (unpaired) electrons. The predicted molar refractivity (Wildman–Crippen MR) is 117 cm³/mol. The molecule has 0 fully saturated rings. The monoisotopic (exact) mass is 407 g/mol. The third kappa shape index (κ3) is 5.47. The topological polar surface area (TPSA) is 84.2 Å². The number of aromatic nitrogens is 2. The summed E-state index contributed by atoms with van der Waals surface area (Å²) >= 11 is 0. The summed E-state index contributed by atoms with van der Waals surface area (Å²) in [5.74, 6) is -0.460. The first-order chi connectivity index (χ1) is 14.5. The lowest BCUT2D eigenvalue weighted by Crippen LogP contribution is -2.27. The highest BCUT2D eigenvalue weighted by molar-refractivity contribution is 5.86. The Morgan fingerprint density at radius 1 is 1.17 bits per heavy atom. The van der Waals surface area contributed by atoms with E-state index in [-0.39, 0.29) is 12.3 Å². The largest absolute Gasteiger partial charge is 0.481 e. The van der Waals surface area contributed by atoms with Crippen LogP contribution in [0.3, 0.4) is 0 Å². The van der Waals surface area contributed by atoms with Crippen LogP contribution in [0, 0.1) is 5.92 Å². The van der Waals surface area contributed by atoms with Gasteiger partial charge in [-0.15, -0.1) is 0 Å². The molecule has 158 valence electrons. The van der Waals surface area contributed by atoms with Crippen molar-refractivity contribution in [2.75, 3.05) is 6.54 Å². The molecule has 0 saturated carbocycles. The van der Waals surface area contributed by atoms with Gasteiger partial charge in [-0.05, 0) is 29.2 Å². The third-order valence-corrected chi connectivity index (χ3v) is 5.12. The quantitative estimate of drug-likeness (QED) is 0.535. The maximum absolute atomic E-state index is 12.1. The van der Waals surface area contributed by atoms with E-state index < -0.39 is 5.97 Å². The summed E-state index contributed by atoms with van der Waals surface area (Å²) in [5.41, 5.74) is 4.37. The van der Waals surface area contributed by atoms with E-state index in [1.54, 1.807) is 6.20 Å². The van der Waals surface area contributed by atoms with Gasteiger partial charge in [0.25, 0.3) is 0 Å². The number of rotatable bonds is 10. The number of carboxylic acids is 1. The Bertz CT molecular complexity index is 1010. The van der Waals surface area contributed by atoms with Crippen LogP contribution in [-0.4, -0.2) is 33.1 Å².